The van der Waals surface area contributed by atoms with Crippen LogP contribution in [-0.2, 0) is 19.1 Å². The number of aryl methyl sites for hydroxylation is 1. The summed E-state index contributed by atoms with van der Waals surface area (Å²) in [7, 11) is 0. The number of aromatic nitrogens is 1. The van der Waals surface area contributed by atoms with Crippen LogP contribution in [0.4, 0.5) is 24.0 Å². The molecular weight excluding hydrogens is 415 g/mol. The SMILES string of the molecule is C=C(Nc1nc(C(F)(F)F)cs1)c1ccc(CNc2ccccc2CCCC)s1. The zero-order valence-corrected chi connectivity index (χ0v) is 17.6. The number of benzene rings is 1. The van der Waals surface area contributed by atoms with Gasteiger partial charge in [-0.25, -0.2) is 4.98 Å². The van der Waals surface area contributed by atoms with E-state index in [2.05, 4.69) is 47.3 Å². The number of nitrogens with zero attached hydrogens (tertiary/aromatic N) is 1. The number of hydrogen-bond acceptors (Lipinski definition) is 5. The van der Waals surface area contributed by atoms with Crippen molar-refractivity contribution in [2.75, 3.05) is 10.6 Å². The molecule has 0 amide bonds. The van der Waals surface area contributed by atoms with Gasteiger partial charge in [0.15, 0.2) is 10.8 Å². The molecule has 0 aliphatic rings. The fraction of sp³-hybridized carbons (Fsp3) is 0.286. The monoisotopic (exact) mass is 437 g/mol. The Morgan fingerprint density at radius 1 is 1.17 bits per heavy atom. The van der Waals surface area contributed by atoms with Gasteiger partial charge in [-0.15, -0.1) is 22.7 Å². The van der Waals surface area contributed by atoms with Crippen LogP contribution in [0.15, 0.2) is 48.4 Å². The van der Waals surface area contributed by atoms with Crippen molar-refractivity contribution in [2.45, 2.75) is 38.9 Å². The third-order valence-corrected chi connectivity index (χ3v) is 6.18. The molecule has 0 fully saturated rings. The molecule has 0 saturated carbocycles. The molecule has 0 aliphatic carbocycles. The Labute approximate surface area is 176 Å². The van der Waals surface area contributed by atoms with Gasteiger partial charge in [-0.05, 0) is 36.6 Å². The maximum absolute atomic E-state index is 12.7. The number of unbranched alkanes of at least 4 members (excludes halogenated alkanes) is 1. The molecule has 3 nitrogen and oxygen atoms in total. The Hall–Kier alpha value is -2.32. The fourth-order valence-corrected chi connectivity index (χ4v) is 4.36. The van der Waals surface area contributed by atoms with Crippen LogP contribution >= 0.6 is 22.7 Å². The highest BCUT2D eigenvalue weighted by Gasteiger charge is 2.33. The number of halogens is 3. The summed E-state index contributed by atoms with van der Waals surface area (Å²) in [5.74, 6) is 0. The standard InChI is InChI=1S/C21H22F3N3S2/c1-3-4-7-15-8-5-6-9-17(15)25-12-16-10-11-18(29-16)14(2)26-20-27-19(13-28-20)21(22,23)24/h5-6,8-11,13,25H,2-4,7,12H2,1H3,(H,26,27). The smallest absolute Gasteiger partial charge is 0.380 e. The average molecular weight is 438 g/mol. The number of alkyl halides is 3. The van der Waals surface area contributed by atoms with E-state index >= 15 is 0 Å². The first-order chi connectivity index (χ1) is 13.9. The molecule has 3 rings (SSSR count). The molecule has 0 saturated heterocycles. The Morgan fingerprint density at radius 2 is 1.97 bits per heavy atom. The quantitative estimate of drug-likeness (QED) is 0.370. The largest absolute Gasteiger partial charge is 0.434 e. The number of anilines is 2. The average Bonchev–Trinajstić information content (AvgIpc) is 3.34. The van der Waals surface area contributed by atoms with Gasteiger partial charge >= 0.3 is 6.18 Å². The minimum atomic E-state index is -4.44. The summed E-state index contributed by atoms with van der Waals surface area (Å²) in [6.45, 7) is 6.79. The van der Waals surface area contributed by atoms with Gasteiger partial charge in [0.05, 0.1) is 10.6 Å². The van der Waals surface area contributed by atoms with Crippen LogP contribution in [0.25, 0.3) is 5.70 Å². The second kappa shape index (κ2) is 9.45. The fourth-order valence-electron chi connectivity index (χ4n) is 2.75. The summed E-state index contributed by atoms with van der Waals surface area (Å²) in [5, 5.41) is 7.53. The summed E-state index contributed by atoms with van der Waals surface area (Å²) in [6.07, 6.45) is -1.09. The van der Waals surface area contributed by atoms with Crippen LogP contribution in [0.3, 0.4) is 0 Å². The third kappa shape index (κ3) is 5.83. The summed E-state index contributed by atoms with van der Waals surface area (Å²) in [6, 6.07) is 12.2. The van der Waals surface area contributed by atoms with E-state index in [9.17, 15) is 13.2 Å². The van der Waals surface area contributed by atoms with E-state index in [1.54, 1.807) is 11.3 Å². The van der Waals surface area contributed by atoms with Crippen molar-refractivity contribution in [1.82, 2.24) is 4.98 Å². The molecule has 0 atom stereocenters. The van der Waals surface area contributed by atoms with Crippen molar-refractivity contribution < 1.29 is 13.2 Å². The Kier molecular flexibility index (Phi) is 6.97. The van der Waals surface area contributed by atoms with Gasteiger partial charge in [0, 0.05) is 22.5 Å². The molecule has 0 bridgehead atoms. The Morgan fingerprint density at radius 3 is 2.69 bits per heavy atom. The van der Waals surface area contributed by atoms with Gasteiger partial charge in [0.2, 0.25) is 0 Å². The maximum Gasteiger partial charge on any atom is 0.434 e. The lowest BCUT2D eigenvalue weighted by molar-refractivity contribution is -0.140. The Balaban J connectivity index is 1.59. The number of para-hydroxylation sites is 1. The van der Waals surface area contributed by atoms with Gasteiger partial charge in [-0.3, -0.25) is 0 Å². The van der Waals surface area contributed by atoms with Crippen molar-refractivity contribution in [3.8, 4) is 0 Å². The second-order valence-corrected chi connectivity index (χ2v) is 8.55. The predicted octanol–water partition coefficient (Wildman–Crippen LogP) is 7.26. The lowest BCUT2D eigenvalue weighted by Gasteiger charge is -2.11. The van der Waals surface area contributed by atoms with Gasteiger partial charge in [-0.2, -0.15) is 13.2 Å². The summed E-state index contributed by atoms with van der Waals surface area (Å²) < 4.78 is 38.0. The van der Waals surface area contributed by atoms with Crippen LogP contribution in [-0.4, -0.2) is 4.98 Å². The van der Waals surface area contributed by atoms with Gasteiger partial charge < -0.3 is 10.6 Å². The van der Waals surface area contributed by atoms with Crippen molar-refractivity contribution in [3.05, 3.63) is 69.4 Å². The predicted molar refractivity (Wildman–Crippen MR) is 116 cm³/mol. The molecule has 1 aromatic carbocycles. The molecular formula is C21H22F3N3S2. The van der Waals surface area contributed by atoms with E-state index in [1.807, 2.05) is 18.2 Å². The van der Waals surface area contributed by atoms with Gasteiger partial charge in [0.25, 0.3) is 0 Å². The molecule has 29 heavy (non-hydrogen) atoms. The zero-order valence-electron chi connectivity index (χ0n) is 16.0. The number of nitrogens with one attached hydrogen (secondary N) is 2. The minimum Gasteiger partial charge on any atom is -0.380 e. The van der Waals surface area contributed by atoms with Crippen LogP contribution in [0.5, 0.6) is 0 Å². The second-order valence-electron chi connectivity index (χ2n) is 6.52. The van der Waals surface area contributed by atoms with E-state index < -0.39 is 11.9 Å². The normalized spacial score (nSPS) is 11.4. The highest BCUT2D eigenvalue weighted by Crippen LogP contribution is 2.33. The first-order valence-corrected chi connectivity index (χ1v) is 11.0. The lowest BCUT2D eigenvalue weighted by Crippen LogP contribution is -2.05. The highest BCUT2D eigenvalue weighted by atomic mass is 32.1. The number of thiophene rings is 1. The van der Waals surface area contributed by atoms with E-state index in [-0.39, 0.29) is 5.13 Å². The molecule has 2 heterocycles. The molecule has 3 aromatic rings. The molecule has 0 radical (unpaired) electrons. The first-order valence-electron chi connectivity index (χ1n) is 9.26. The molecule has 2 N–H and O–H groups in total. The van der Waals surface area contributed by atoms with Gasteiger partial charge in [0.1, 0.15) is 0 Å². The van der Waals surface area contributed by atoms with E-state index in [0.717, 1.165) is 51.4 Å². The molecule has 2 aromatic heterocycles. The molecule has 0 spiro atoms. The van der Waals surface area contributed by atoms with E-state index in [0.29, 0.717) is 12.2 Å². The van der Waals surface area contributed by atoms with Crippen molar-refractivity contribution in [3.63, 3.8) is 0 Å². The number of rotatable bonds is 9. The maximum atomic E-state index is 12.7. The van der Waals surface area contributed by atoms with Crippen LogP contribution in [0, 0.1) is 0 Å². The minimum absolute atomic E-state index is 0.181. The van der Waals surface area contributed by atoms with Crippen LogP contribution in [0.1, 0.15) is 40.8 Å². The molecule has 0 aliphatic heterocycles. The number of thiazole rings is 1. The topological polar surface area (TPSA) is 37.0 Å². The number of hydrogen-bond donors (Lipinski definition) is 2. The van der Waals surface area contributed by atoms with Crippen molar-refractivity contribution in [2.24, 2.45) is 0 Å². The van der Waals surface area contributed by atoms with Crippen molar-refractivity contribution >= 4 is 39.2 Å². The molecule has 154 valence electrons. The summed E-state index contributed by atoms with van der Waals surface area (Å²) >= 11 is 2.46. The van der Waals surface area contributed by atoms with E-state index in [4.69, 9.17) is 0 Å². The molecule has 8 heteroatoms. The van der Waals surface area contributed by atoms with Crippen molar-refractivity contribution in [1.29, 1.82) is 0 Å². The van der Waals surface area contributed by atoms with Gasteiger partial charge in [-0.1, -0.05) is 38.1 Å². The Bertz CT molecular complexity index is 960. The molecule has 0 unspecified atom stereocenters. The third-order valence-electron chi connectivity index (χ3n) is 4.28. The summed E-state index contributed by atoms with van der Waals surface area (Å²) in [5.41, 5.74) is 2.08. The van der Waals surface area contributed by atoms with Crippen LogP contribution in [0.2, 0.25) is 0 Å². The van der Waals surface area contributed by atoms with E-state index in [1.165, 1.54) is 5.56 Å². The highest BCUT2D eigenvalue weighted by molar-refractivity contribution is 7.14. The van der Waals surface area contributed by atoms with Crippen LogP contribution < -0.4 is 10.6 Å². The summed E-state index contributed by atoms with van der Waals surface area (Å²) in [4.78, 5) is 5.56. The first kappa shape index (κ1) is 21.4. The lowest BCUT2D eigenvalue weighted by atomic mass is 10.1. The zero-order chi connectivity index (χ0) is 20.9.